The zero-order valence-electron chi connectivity index (χ0n) is 13.6. The van der Waals surface area contributed by atoms with Crippen molar-refractivity contribution in [3.63, 3.8) is 0 Å². The summed E-state index contributed by atoms with van der Waals surface area (Å²) in [5.74, 6) is -0.186. The van der Waals surface area contributed by atoms with Crippen molar-refractivity contribution in [2.75, 3.05) is 11.3 Å². The molecule has 0 atom stereocenters. The number of carbonyl (C=O) groups is 1. The van der Waals surface area contributed by atoms with Crippen LogP contribution in [0.1, 0.15) is 0 Å². The number of nitrogens with two attached hydrogens (primary N) is 1. The van der Waals surface area contributed by atoms with Gasteiger partial charge in [0, 0.05) is 5.69 Å². The van der Waals surface area contributed by atoms with E-state index in [-0.39, 0.29) is 11.5 Å². The smallest absolute Gasteiger partial charge is 0.265 e. The molecular weight excluding hydrogens is 356 g/mol. The highest BCUT2D eigenvalue weighted by Gasteiger charge is 2.17. The summed E-state index contributed by atoms with van der Waals surface area (Å²) >= 11 is 0. The second kappa shape index (κ2) is 7.28. The van der Waals surface area contributed by atoms with Crippen molar-refractivity contribution in [3.05, 3.63) is 67.0 Å². The number of aromatic nitrogens is 2. The lowest BCUT2D eigenvalue weighted by Crippen LogP contribution is -2.20. The number of ether oxygens (including phenoxy) is 1. The maximum atomic E-state index is 12.5. The lowest BCUT2D eigenvalue weighted by molar-refractivity contribution is -0.119. The van der Waals surface area contributed by atoms with Gasteiger partial charge in [0.2, 0.25) is 0 Å². The first-order valence-electron chi connectivity index (χ1n) is 7.58. The summed E-state index contributed by atoms with van der Waals surface area (Å²) in [7, 11) is -3.79. The normalized spacial score (nSPS) is 11.1. The van der Waals surface area contributed by atoms with Gasteiger partial charge in [-0.1, -0.05) is 18.2 Å². The largest absolute Gasteiger partial charge is 0.484 e. The first kappa shape index (κ1) is 17.5. The first-order valence-corrected chi connectivity index (χ1v) is 9.06. The van der Waals surface area contributed by atoms with Crippen LogP contribution in [0, 0.1) is 0 Å². The molecule has 8 nitrogen and oxygen atoms in total. The molecule has 2 aromatic carbocycles. The third kappa shape index (κ3) is 4.19. The summed E-state index contributed by atoms with van der Waals surface area (Å²) in [5.41, 5.74) is 6.10. The van der Waals surface area contributed by atoms with Crippen molar-refractivity contribution in [1.29, 1.82) is 0 Å². The van der Waals surface area contributed by atoms with Crippen molar-refractivity contribution < 1.29 is 17.9 Å². The summed E-state index contributed by atoms with van der Waals surface area (Å²) in [6, 6.07) is 15.3. The standard InChI is InChI=1S/C17H16N4O4S/c18-17(22)12-25-15-8-6-13(7-9-15)20-26(23,24)16-10-19-21(11-16)14-4-2-1-3-5-14/h1-11,20H,12H2,(H2,18,22). The molecule has 3 aromatic rings. The highest BCUT2D eigenvalue weighted by atomic mass is 32.2. The number of sulfonamides is 1. The number of nitrogens with zero attached hydrogens (tertiary/aromatic N) is 2. The molecule has 0 unspecified atom stereocenters. The van der Waals surface area contributed by atoms with Crippen LogP contribution in [0.15, 0.2) is 71.9 Å². The maximum absolute atomic E-state index is 12.5. The fraction of sp³-hybridized carbons (Fsp3) is 0.0588. The molecular formula is C17H16N4O4S. The predicted octanol–water partition coefficient (Wildman–Crippen LogP) is 1.54. The Morgan fingerprint density at radius 1 is 1.12 bits per heavy atom. The molecule has 0 aliphatic carbocycles. The van der Waals surface area contributed by atoms with Crippen LogP contribution in [-0.2, 0) is 14.8 Å². The Kier molecular flexibility index (Phi) is 4.90. The molecule has 26 heavy (non-hydrogen) atoms. The van der Waals surface area contributed by atoms with E-state index in [2.05, 4.69) is 9.82 Å². The second-order valence-corrected chi connectivity index (χ2v) is 7.02. The van der Waals surface area contributed by atoms with Crippen LogP contribution < -0.4 is 15.2 Å². The maximum Gasteiger partial charge on any atom is 0.265 e. The first-order chi connectivity index (χ1) is 12.4. The topological polar surface area (TPSA) is 116 Å². The van der Waals surface area contributed by atoms with Crippen molar-refractivity contribution >= 4 is 21.6 Å². The average molecular weight is 372 g/mol. The number of benzene rings is 2. The monoisotopic (exact) mass is 372 g/mol. The molecule has 3 N–H and O–H groups in total. The van der Waals surface area contributed by atoms with Gasteiger partial charge in [0.1, 0.15) is 10.6 Å². The Balaban J connectivity index is 1.73. The van der Waals surface area contributed by atoms with E-state index in [1.54, 1.807) is 0 Å². The minimum absolute atomic E-state index is 0.0374. The van der Waals surface area contributed by atoms with Gasteiger partial charge in [0.15, 0.2) is 6.61 Å². The molecule has 0 saturated carbocycles. The number of nitrogens with one attached hydrogen (secondary N) is 1. The van der Waals surface area contributed by atoms with Crippen molar-refractivity contribution in [2.24, 2.45) is 5.73 Å². The molecule has 1 heterocycles. The van der Waals surface area contributed by atoms with E-state index >= 15 is 0 Å². The SMILES string of the molecule is NC(=O)COc1ccc(NS(=O)(=O)c2cnn(-c3ccccc3)c2)cc1. The van der Waals surface area contributed by atoms with E-state index < -0.39 is 15.9 Å². The molecule has 1 aromatic heterocycles. The minimum Gasteiger partial charge on any atom is -0.484 e. The molecule has 0 spiro atoms. The van der Waals surface area contributed by atoms with Gasteiger partial charge in [0.25, 0.3) is 15.9 Å². The zero-order chi connectivity index (χ0) is 18.6. The third-order valence-corrected chi connectivity index (χ3v) is 4.71. The highest BCUT2D eigenvalue weighted by molar-refractivity contribution is 7.92. The molecule has 0 aliphatic rings. The van der Waals surface area contributed by atoms with Gasteiger partial charge in [-0.05, 0) is 36.4 Å². The predicted molar refractivity (Wildman–Crippen MR) is 95.5 cm³/mol. The number of hydrogen-bond donors (Lipinski definition) is 2. The van der Waals surface area contributed by atoms with Gasteiger partial charge in [-0.15, -0.1) is 0 Å². The van der Waals surface area contributed by atoms with Crippen LogP contribution in [0.3, 0.4) is 0 Å². The van der Waals surface area contributed by atoms with Gasteiger partial charge >= 0.3 is 0 Å². The minimum atomic E-state index is -3.79. The number of hydrogen-bond acceptors (Lipinski definition) is 5. The highest BCUT2D eigenvalue weighted by Crippen LogP contribution is 2.20. The molecule has 134 valence electrons. The third-order valence-electron chi connectivity index (χ3n) is 3.38. The Morgan fingerprint density at radius 3 is 2.46 bits per heavy atom. The zero-order valence-corrected chi connectivity index (χ0v) is 14.4. The molecule has 0 saturated heterocycles. The van der Waals surface area contributed by atoms with Gasteiger partial charge in [0.05, 0.1) is 18.1 Å². The molecule has 1 amide bonds. The Hall–Kier alpha value is -3.33. The van der Waals surface area contributed by atoms with Crippen molar-refractivity contribution in [3.8, 4) is 11.4 Å². The lowest BCUT2D eigenvalue weighted by Gasteiger charge is -2.08. The summed E-state index contributed by atoms with van der Waals surface area (Å²) in [5, 5.41) is 4.08. The van der Waals surface area contributed by atoms with Gasteiger partial charge in [-0.25, -0.2) is 13.1 Å². The second-order valence-electron chi connectivity index (χ2n) is 5.34. The van der Waals surface area contributed by atoms with Gasteiger partial charge in [-0.2, -0.15) is 5.10 Å². The molecule has 0 aliphatic heterocycles. The van der Waals surface area contributed by atoms with E-state index in [0.717, 1.165) is 5.69 Å². The summed E-state index contributed by atoms with van der Waals surface area (Å²) in [6.45, 7) is -0.246. The number of primary amides is 1. The van der Waals surface area contributed by atoms with Gasteiger partial charge in [-0.3, -0.25) is 9.52 Å². The molecule has 0 bridgehead atoms. The summed E-state index contributed by atoms with van der Waals surface area (Å²) in [4.78, 5) is 10.7. The number of anilines is 1. The molecule has 0 radical (unpaired) electrons. The van der Waals surface area contributed by atoms with Crippen LogP contribution >= 0.6 is 0 Å². The number of rotatable bonds is 7. The number of carbonyl (C=O) groups excluding carboxylic acids is 1. The number of amides is 1. The van der Waals surface area contributed by atoms with E-state index in [9.17, 15) is 13.2 Å². The van der Waals surface area contributed by atoms with E-state index in [1.165, 1.54) is 41.3 Å². The Labute approximate surface area is 150 Å². The quantitative estimate of drug-likeness (QED) is 0.652. The van der Waals surface area contributed by atoms with E-state index in [0.29, 0.717) is 11.4 Å². The van der Waals surface area contributed by atoms with Crippen LogP contribution in [0.2, 0.25) is 0 Å². The van der Waals surface area contributed by atoms with Gasteiger partial charge < -0.3 is 10.5 Å². The molecule has 0 fully saturated rings. The van der Waals surface area contributed by atoms with Crippen molar-refractivity contribution in [2.45, 2.75) is 4.90 Å². The fourth-order valence-electron chi connectivity index (χ4n) is 2.15. The summed E-state index contributed by atoms with van der Waals surface area (Å²) < 4.78 is 34.0. The Morgan fingerprint density at radius 2 is 1.81 bits per heavy atom. The van der Waals surface area contributed by atoms with Crippen LogP contribution in [0.25, 0.3) is 5.69 Å². The average Bonchev–Trinajstić information content (AvgIpc) is 3.13. The Bertz CT molecular complexity index is 999. The lowest BCUT2D eigenvalue weighted by atomic mass is 10.3. The van der Waals surface area contributed by atoms with E-state index in [1.807, 2.05) is 30.3 Å². The van der Waals surface area contributed by atoms with Crippen molar-refractivity contribution in [1.82, 2.24) is 9.78 Å². The molecule has 9 heteroatoms. The van der Waals surface area contributed by atoms with Crippen LogP contribution in [0.4, 0.5) is 5.69 Å². The van der Waals surface area contributed by atoms with Crippen LogP contribution in [-0.4, -0.2) is 30.7 Å². The van der Waals surface area contributed by atoms with Crippen LogP contribution in [0.5, 0.6) is 5.75 Å². The molecule has 3 rings (SSSR count). The summed E-state index contributed by atoms with van der Waals surface area (Å²) in [6.07, 6.45) is 2.71. The van der Waals surface area contributed by atoms with E-state index in [4.69, 9.17) is 10.5 Å². The fourth-order valence-corrected chi connectivity index (χ4v) is 3.14. The number of para-hydroxylation sites is 1.